The minimum absolute atomic E-state index is 0. The first kappa shape index (κ1) is 91.1. The number of hydrogen-bond acceptors (Lipinski definition) is 21. The number of nitrogens with one attached hydrogen (secondary N) is 1. The molecule has 3 N–H and O–H groups in total. The number of aliphatic hydroxyl groups is 1. The number of amides is 2. The number of oxime groups is 1. The zero-order chi connectivity index (χ0) is 74.7. The summed E-state index contributed by atoms with van der Waals surface area (Å²) in [5.74, 6) is -2.53. The van der Waals surface area contributed by atoms with Crippen molar-refractivity contribution in [1.82, 2.24) is 15.4 Å². The van der Waals surface area contributed by atoms with E-state index in [0.717, 1.165) is 8.95 Å². The van der Waals surface area contributed by atoms with Crippen molar-refractivity contribution in [3.05, 3.63) is 187 Å². The number of halogens is 8. The van der Waals surface area contributed by atoms with Gasteiger partial charge in [-0.2, -0.15) is 5.48 Å². The van der Waals surface area contributed by atoms with Gasteiger partial charge in [0.25, 0.3) is 0 Å². The summed E-state index contributed by atoms with van der Waals surface area (Å²) in [6.45, 7) is 21.4. The van der Waals surface area contributed by atoms with Crippen molar-refractivity contribution in [2.75, 3.05) is 155 Å². The lowest BCUT2D eigenvalue weighted by atomic mass is 9.78. The largest absolute Gasteiger partial charge is 0.411 e. The van der Waals surface area contributed by atoms with Crippen LogP contribution in [0.1, 0.15) is 41.4 Å². The van der Waals surface area contributed by atoms with Gasteiger partial charge in [0.2, 0.25) is 11.8 Å². The van der Waals surface area contributed by atoms with Crippen LogP contribution in [0.25, 0.3) is 0 Å². The van der Waals surface area contributed by atoms with Gasteiger partial charge in [-0.05, 0) is 72.8 Å². The summed E-state index contributed by atoms with van der Waals surface area (Å²) in [5, 5.41) is 21.9. The van der Waals surface area contributed by atoms with Crippen molar-refractivity contribution < 1.29 is 109 Å². The fourth-order valence-electron chi connectivity index (χ4n) is 10.7. The SMILES string of the molecule is C.C=C[C@@H](COC)OC/C(=N/O)c1cc(Br)ccc1F.C=C[C@@H](COC)OCC(=O)N1CCOCC1.C=C[C@@H](COC)OCC(=O)c1cc(Br)ccc1F.C=C[C@H](O)COC.COCC1OCC2(c3cc(Br)ccc3F)C1CON2C(C)=O.COCC1OCC2(c3cc(Br)ccc3F)NOCC12. The molecular weight excluding hydrogens is 1610 g/mol. The summed E-state index contributed by atoms with van der Waals surface area (Å²) < 4.78 is 121. The normalized spacial score (nSPS) is 21.3. The highest BCUT2D eigenvalue weighted by Gasteiger charge is 2.62. The zero-order valence-corrected chi connectivity index (χ0v) is 63.7. The third kappa shape index (κ3) is 27.1. The molecule has 0 radical (unpaired) electrons. The number of ether oxygens (including phenoxy) is 12. The first-order chi connectivity index (χ1) is 48.5. The van der Waals surface area contributed by atoms with Gasteiger partial charge < -0.3 is 76.9 Å². The third-order valence-corrected chi connectivity index (χ3v) is 17.8. The summed E-state index contributed by atoms with van der Waals surface area (Å²) in [6.07, 6.45) is 4.38. The summed E-state index contributed by atoms with van der Waals surface area (Å²) in [7, 11) is 9.40. The summed E-state index contributed by atoms with van der Waals surface area (Å²) >= 11 is 13.2. The lowest BCUT2D eigenvalue weighted by molar-refractivity contribution is -0.194. The Hall–Kier alpha value is -5.08. The topological polar surface area (TPSA) is 252 Å². The van der Waals surface area contributed by atoms with E-state index in [9.17, 15) is 31.9 Å². The molecule has 5 saturated heterocycles. The number of hydrogen-bond donors (Lipinski definition) is 3. The number of fused-ring (bicyclic) bond motifs is 2. The molecule has 0 saturated carbocycles. The molecular formula is C71H94Br4F4N4O19. The fraction of sp³-hybridized carbons (Fsp3) is 0.493. The molecule has 0 bridgehead atoms. The van der Waals surface area contributed by atoms with Crippen LogP contribution in [0.3, 0.4) is 0 Å². The molecule has 6 unspecified atom stereocenters. The van der Waals surface area contributed by atoms with Crippen LogP contribution in [-0.2, 0) is 87.2 Å². The van der Waals surface area contributed by atoms with Crippen molar-refractivity contribution in [2.45, 2.75) is 62.1 Å². The van der Waals surface area contributed by atoms with E-state index in [1.165, 1.54) is 87.9 Å². The number of carbonyl (C=O) groups is 3. The molecule has 0 aromatic heterocycles. The predicted octanol–water partition coefficient (Wildman–Crippen LogP) is 11.1. The number of hydroxylamine groups is 3. The quantitative estimate of drug-likeness (QED) is 0.0114. The molecule has 4 aromatic rings. The Morgan fingerprint density at radius 2 is 1.08 bits per heavy atom. The number of benzene rings is 4. The van der Waals surface area contributed by atoms with Gasteiger partial charge >= 0.3 is 0 Å². The molecule has 9 rings (SSSR count). The van der Waals surface area contributed by atoms with Gasteiger partial charge in [0.05, 0.1) is 128 Å². The maximum Gasteiger partial charge on any atom is 0.248 e. The lowest BCUT2D eigenvalue weighted by Gasteiger charge is -2.35. The highest BCUT2D eigenvalue weighted by atomic mass is 79.9. The predicted molar refractivity (Wildman–Crippen MR) is 388 cm³/mol. The van der Waals surface area contributed by atoms with E-state index in [1.54, 1.807) is 68.7 Å². The zero-order valence-electron chi connectivity index (χ0n) is 57.4. The Kier molecular flexibility index (Phi) is 43.1. The highest BCUT2D eigenvalue weighted by molar-refractivity contribution is 9.11. The van der Waals surface area contributed by atoms with Crippen LogP contribution in [0.15, 0.2) is 146 Å². The number of rotatable bonds is 29. The summed E-state index contributed by atoms with van der Waals surface area (Å²) in [4.78, 5) is 48.2. The first-order valence-electron chi connectivity index (χ1n) is 31.4. The molecule has 10 atom stereocenters. The van der Waals surface area contributed by atoms with Crippen molar-refractivity contribution >= 4 is 87.0 Å². The maximum atomic E-state index is 14.5. The second kappa shape index (κ2) is 48.2. The molecule has 2 amide bonds. The average molecular weight is 1700 g/mol. The van der Waals surface area contributed by atoms with Gasteiger partial charge in [0, 0.05) is 109 Å². The molecule has 0 aliphatic carbocycles. The fourth-order valence-corrected chi connectivity index (χ4v) is 12.1. The number of Topliss-reactive ketones (excluding diaryl/α,β-unsaturated/α-hetero) is 1. The van der Waals surface area contributed by atoms with E-state index in [2.05, 4.69) is 105 Å². The van der Waals surface area contributed by atoms with Gasteiger partial charge in [-0.25, -0.2) is 22.6 Å². The molecule has 5 aliphatic rings. The van der Waals surface area contributed by atoms with E-state index >= 15 is 0 Å². The Morgan fingerprint density at radius 1 is 0.618 bits per heavy atom. The lowest BCUT2D eigenvalue weighted by Crippen LogP contribution is -2.48. The van der Waals surface area contributed by atoms with Gasteiger partial charge in [-0.1, -0.05) is 101 Å². The minimum atomic E-state index is -0.955. The Morgan fingerprint density at radius 3 is 1.57 bits per heavy atom. The van der Waals surface area contributed by atoms with Crippen molar-refractivity contribution in [3.8, 4) is 0 Å². The molecule has 5 heterocycles. The van der Waals surface area contributed by atoms with Crippen LogP contribution in [0.5, 0.6) is 0 Å². The van der Waals surface area contributed by atoms with E-state index in [1.807, 2.05) is 0 Å². The molecule has 0 spiro atoms. The van der Waals surface area contributed by atoms with Crippen molar-refractivity contribution in [3.63, 3.8) is 0 Å². The average Bonchev–Trinajstić information content (AvgIpc) is 1.56. The Bertz CT molecular complexity index is 3290. The van der Waals surface area contributed by atoms with Gasteiger partial charge in [0.15, 0.2) is 5.78 Å². The van der Waals surface area contributed by atoms with E-state index in [-0.39, 0.29) is 116 Å². The van der Waals surface area contributed by atoms with Gasteiger partial charge in [0.1, 0.15) is 53.3 Å². The second-order valence-corrected chi connectivity index (χ2v) is 26.2. The summed E-state index contributed by atoms with van der Waals surface area (Å²) in [5.41, 5.74) is 2.63. The van der Waals surface area contributed by atoms with Crippen LogP contribution < -0.4 is 5.48 Å². The van der Waals surface area contributed by atoms with E-state index in [4.69, 9.17) is 72.1 Å². The number of methoxy groups -OCH3 is 6. The van der Waals surface area contributed by atoms with E-state index < -0.39 is 34.6 Å². The van der Waals surface area contributed by atoms with Gasteiger partial charge in [-0.3, -0.25) is 19.2 Å². The molecule has 23 nitrogen and oxygen atoms in total. The molecule has 568 valence electrons. The van der Waals surface area contributed by atoms with Gasteiger partial charge in [-0.15, -0.1) is 26.3 Å². The standard InChI is InChI=1S/C15H17BrFNO4.2C13H15BrFNO3.C13H14BrFO3.C11H19NO4.C5H10O2.CH4/c1-9(19)18-15(11-5-10(16)3-4-13(11)17)8-21-14(7-20-2)12(15)6-22-18;1-17-6-12-10-5-19-16-13(10,7-18-12)9-4-8(14)2-3-11(9)15;1-3-10(7-18-2)19-8-13(16-17)11-6-9(14)4-5-12(11)15;1-3-10(7-17-2)18-8-13(16)11-6-9(14)4-5-12(11)15;1-3-10(8-14-2)16-9-11(13)12-4-6-15-7-5-12;1-3-5(6)4-7-2;/h3-5,12,14H,6-8H2,1-2H3;2-4,10,12,16H,5-7H2,1H3;3-6,10,17H,1,7-8H2,2H3;3-6,10H,1,7-8H2,2H3;3,10H,1,4-9H2,2H3;3,5-6H,1,4H2,2H3;1H4/b;;16-13-;;;;/t;;3*10-;5-;/m..0000./s1. The Balaban J connectivity index is 0.000000324. The van der Waals surface area contributed by atoms with Crippen LogP contribution in [0, 0.1) is 35.1 Å². The molecule has 31 heteroatoms. The van der Waals surface area contributed by atoms with E-state index in [0.29, 0.717) is 106 Å². The second-order valence-electron chi connectivity index (χ2n) is 22.6. The molecule has 4 aromatic carbocycles. The van der Waals surface area contributed by atoms with Crippen LogP contribution in [0.2, 0.25) is 0 Å². The van der Waals surface area contributed by atoms with Crippen LogP contribution >= 0.6 is 63.7 Å². The van der Waals surface area contributed by atoms with Crippen molar-refractivity contribution in [2.24, 2.45) is 17.0 Å². The number of nitrogens with zero attached hydrogens (tertiary/aromatic N) is 3. The maximum absolute atomic E-state index is 14.5. The number of aliphatic hydroxyl groups excluding tert-OH is 1. The first-order valence-corrected chi connectivity index (χ1v) is 34.6. The number of ketones is 1. The molecule has 102 heavy (non-hydrogen) atoms. The van der Waals surface area contributed by atoms with Crippen LogP contribution in [-0.4, -0.2) is 235 Å². The summed E-state index contributed by atoms with van der Waals surface area (Å²) in [6, 6.07) is 18.2. The van der Waals surface area contributed by atoms with Crippen LogP contribution in [0.4, 0.5) is 17.6 Å². The molecule has 5 fully saturated rings. The number of carbonyl (C=O) groups excluding carboxylic acids is 3. The monoisotopic (exact) mass is 1700 g/mol. The molecule has 5 aliphatic heterocycles. The third-order valence-electron chi connectivity index (χ3n) is 15.8. The smallest absolute Gasteiger partial charge is 0.248 e. The minimum Gasteiger partial charge on any atom is -0.411 e. The number of morpholine rings is 1. The van der Waals surface area contributed by atoms with Crippen molar-refractivity contribution in [1.29, 1.82) is 0 Å². The highest BCUT2D eigenvalue weighted by Crippen LogP contribution is 2.50. The Labute approximate surface area is 628 Å².